The maximum Gasteiger partial charge on any atom is 0.229 e. The molecular weight excluding hydrogens is 340 g/mol. The van der Waals surface area contributed by atoms with Crippen LogP contribution in [0.25, 0.3) is 16.9 Å². The maximum atomic E-state index is 5.35. The Balaban J connectivity index is 1.41. The van der Waals surface area contributed by atoms with Gasteiger partial charge in [-0.15, -0.1) is 0 Å². The predicted octanol–water partition coefficient (Wildman–Crippen LogP) is 3.34. The largest absolute Gasteiger partial charge is 0.359 e. The summed E-state index contributed by atoms with van der Waals surface area (Å²) in [4.78, 5) is 11.4. The van der Waals surface area contributed by atoms with E-state index < -0.39 is 0 Å². The van der Waals surface area contributed by atoms with Crippen LogP contribution in [0.3, 0.4) is 0 Å². The Morgan fingerprint density at radius 2 is 2.00 bits per heavy atom. The lowest BCUT2D eigenvalue weighted by Crippen LogP contribution is -2.23. The van der Waals surface area contributed by atoms with Crippen LogP contribution in [0.5, 0.6) is 0 Å². The Morgan fingerprint density at radius 1 is 1.15 bits per heavy atom. The van der Waals surface area contributed by atoms with Crippen molar-refractivity contribution in [2.24, 2.45) is 0 Å². The highest BCUT2D eigenvalue weighted by Crippen LogP contribution is 2.38. The Bertz CT molecular complexity index is 1070. The van der Waals surface area contributed by atoms with Crippen LogP contribution in [-0.4, -0.2) is 38.3 Å². The van der Waals surface area contributed by atoms with Gasteiger partial charge in [-0.2, -0.15) is 14.6 Å². The molecule has 0 radical (unpaired) electrons. The van der Waals surface area contributed by atoms with Gasteiger partial charge in [0.15, 0.2) is 11.5 Å². The molecule has 0 unspecified atom stereocenters. The summed E-state index contributed by atoms with van der Waals surface area (Å²) >= 11 is 0. The van der Waals surface area contributed by atoms with E-state index in [1.165, 1.54) is 0 Å². The summed E-state index contributed by atoms with van der Waals surface area (Å²) in [6.45, 7) is 0.761. The fourth-order valence-electron chi connectivity index (χ4n) is 3.17. The van der Waals surface area contributed by atoms with Crippen molar-refractivity contribution in [1.29, 1.82) is 0 Å². The number of likely N-dealkylation sites (N-methyl/N-ethyl adjacent to an activating group) is 1. The van der Waals surface area contributed by atoms with Gasteiger partial charge in [-0.05, 0) is 12.8 Å². The van der Waals surface area contributed by atoms with Crippen molar-refractivity contribution in [1.82, 2.24) is 24.7 Å². The van der Waals surface area contributed by atoms with Crippen LogP contribution >= 0.6 is 0 Å². The highest BCUT2D eigenvalue weighted by Gasteiger charge is 2.29. The minimum Gasteiger partial charge on any atom is -0.359 e. The maximum absolute atomic E-state index is 5.35. The summed E-state index contributed by atoms with van der Waals surface area (Å²) < 4.78 is 7.21. The molecular formula is C20H20N6O. The van der Waals surface area contributed by atoms with Gasteiger partial charge >= 0.3 is 0 Å². The zero-order valence-electron chi connectivity index (χ0n) is 15.1. The summed E-state index contributed by atoms with van der Waals surface area (Å²) in [5.41, 5.74) is 2.85. The van der Waals surface area contributed by atoms with E-state index >= 15 is 0 Å². The SMILES string of the molecule is CN(CCc1noc(C2CC2)n1)c1cc(-c2ccccc2)nc2ccnn12. The molecule has 4 aromatic rings. The van der Waals surface area contributed by atoms with Crippen molar-refractivity contribution in [3.63, 3.8) is 0 Å². The predicted molar refractivity (Wildman–Crippen MR) is 102 cm³/mol. The zero-order valence-corrected chi connectivity index (χ0v) is 15.1. The molecule has 0 saturated heterocycles. The van der Waals surface area contributed by atoms with Gasteiger partial charge in [0.25, 0.3) is 0 Å². The van der Waals surface area contributed by atoms with Crippen molar-refractivity contribution in [2.45, 2.75) is 25.2 Å². The molecule has 7 heteroatoms. The monoisotopic (exact) mass is 360 g/mol. The molecule has 27 heavy (non-hydrogen) atoms. The average molecular weight is 360 g/mol. The van der Waals surface area contributed by atoms with Gasteiger partial charge in [0.2, 0.25) is 5.89 Å². The average Bonchev–Trinajstić information content (AvgIpc) is 3.26. The van der Waals surface area contributed by atoms with Crippen LogP contribution in [0.15, 0.2) is 53.2 Å². The first-order valence-corrected chi connectivity index (χ1v) is 9.22. The summed E-state index contributed by atoms with van der Waals surface area (Å²) in [5, 5.41) is 8.54. The minimum absolute atomic E-state index is 0.487. The minimum atomic E-state index is 0.487. The first-order valence-electron chi connectivity index (χ1n) is 9.22. The standard InChI is InChI=1S/C20H20N6O/c1-25(12-10-17-23-20(27-24-17)15-7-8-15)19-13-16(14-5-3-2-4-6-14)22-18-9-11-21-26(18)19/h2-6,9,11,13,15H,7-8,10,12H2,1H3. The molecule has 0 spiro atoms. The molecule has 0 atom stereocenters. The lowest BCUT2D eigenvalue weighted by Gasteiger charge is -2.20. The fourth-order valence-corrected chi connectivity index (χ4v) is 3.17. The van der Waals surface area contributed by atoms with Crippen LogP contribution in [0.2, 0.25) is 0 Å². The molecule has 1 aliphatic rings. The molecule has 1 aliphatic carbocycles. The quantitative estimate of drug-likeness (QED) is 0.525. The third-order valence-corrected chi connectivity index (χ3v) is 4.88. The van der Waals surface area contributed by atoms with E-state index in [9.17, 15) is 0 Å². The normalized spacial score (nSPS) is 14.0. The third-order valence-electron chi connectivity index (χ3n) is 4.88. The topological polar surface area (TPSA) is 72.3 Å². The molecule has 136 valence electrons. The molecule has 3 heterocycles. The smallest absolute Gasteiger partial charge is 0.229 e. The first kappa shape index (κ1) is 16.0. The van der Waals surface area contributed by atoms with E-state index in [2.05, 4.69) is 38.3 Å². The lowest BCUT2D eigenvalue weighted by molar-refractivity contribution is 0.374. The van der Waals surface area contributed by atoms with Gasteiger partial charge in [-0.25, -0.2) is 4.98 Å². The number of anilines is 1. The van der Waals surface area contributed by atoms with Gasteiger partial charge in [-0.3, -0.25) is 0 Å². The van der Waals surface area contributed by atoms with Crippen LogP contribution in [0, 0.1) is 0 Å². The fraction of sp³-hybridized carbons (Fsp3) is 0.300. The van der Waals surface area contributed by atoms with Gasteiger partial charge in [0, 0.05) is 43.6 Å². The molecule has 1 aromatic carbocycles. The molecule has 7 nitrogen and oxygen atoms in total. The second-order valence-electron chi connectivity index (χ2n) is 6.96. The second-order valence-corrected chi connectivity index (χ2v) is 6.96. The van der Waals surface area contributed by atoms with E-state index in [0.717, 1.165) is 60.2 Å². The van der Waals surface area contributed by atoms with Crippen molar-refractivity contribution in [3.8, 4) is 11.3 Å². The summed E-state index contributed by atoms with van der Waals surface area (Å²) in [7, 11) is 2.05. The number of fused-ring (bicyclic) bond motifs is 1. The summed E-state index contributed by atoms with van der Waals surface area (Å²) in [5.74, 6) is 3.02. The summed E-state index contributed by atoms with van der Waals surface area (Å²) in [6.07, 6.45) is 4.82. The molecule has 1 fully saturated rings. The Kier molecular flexibility index (Phi) is 3.85. The zero-order chi connectivity index (χ0) is 18.2. The highest BCUT2D eigenvalue weighted by atomic mass is 16.5. The number of benzene rings is 1. The number of hydrogen-bond donors (Lipinski definition) is 0. The van der Waals surface area contributed by atoms with E-state index in [0.29, 0.717) is 5.92 Å². The Hall–Kier alpha value is -3.22. The van der Waals surface area contributed by atoms with Crippen LogP contribution in [0.1, 0.15) is 30.5 Å². The molecule has 3 aromatic heterocycles. The Morgan fingerprint density at radius 3 is 2.81 bits per heavy atom. The van der Waals surface area contributed by atoms with Crippen molar-refractivity contribution < 1.29 is 4.52 Å². The molecule has 5 rings (SSSR count). The Labute approximate surface area is 156 Å². The van der Waals surface area contributed by atoms with Crippen LogP contribution in [-0.2, 0) is 6.42 Å². The van der Waals surface area contributed by atoms with Gasteiger partial charge < -0.3 is 9.42 Å². The van der Waals surface area contributed by atoms with E-state index in [4.69, 9.17) is 9.51 Å². The van der Waals surface area contributed by atoms with Crippen LogP contribution < -0.4 is 4.90 Å². The van der Waals surface area contributed by atoms with Crippen molar-refractivity contribution >= 4 is 11.5 Å². The third kappa shape index (κ3) is 3.16. The number of hydrogen-bond acceptors (Lipinski definition) is 6. The number of nitrogens with zero attached hydrogens (tertiary/aromatic N) is 6. The van der Waals surface area contributed by atoms with Crippen molar-refractivity contribution in [3.05, 3.63) is 60.4 Å². The highest BCUT2D eigenvalue weighted by molar-refractivity contribution is 5.66. The molecule has 0 amide bonds. The molecule has 1 saturated carbocycles. The number of rotatable bonds is 6. The van der Waals surface area contributed by atoms with Gasteiger partial charge in [-0.1, -0.05) is 35.5 Å². The first-order chi connectivity index (χ1) is 13.3. The van der Waals surface area contributed by atoms with E-state index in [-0.39, 0.29) is 0 Å². The van der Waals surface area contributed by atoms with Crippen LogP contribution in [0.4, 0.5) is 5.82 Å². The van der Waals surface area contributed by atoms with Crippen molar-refractivity contribution in [2.75, 3.05) is 18.5 Å². The van der Waals surface area contributed by atoms with Gasteiger partial charge in [0.05, 0.1) is 11.9 Å². The number of aromatic nitrogens is 5. The molecule has 0 N–H and O–H groups in total. The lowest BCUT2D eigenvalue weighted by atomic mass is 10.1. The second kappa shape index (κ2) is 6.50. The van der Waals surface area contributed by atoms with E-state index in [1.54, 1.807) is 6.20 Å². The van der Waals surface area contributed by atoms with E-state index in [1.807, 2.05) is 35.8 Å². The molecule has 0 aliphatic heterocycles. The van der Waals surface area contributed by atoms with Gasteiger partial charge in [0.1, 0.15) is 5.82 Å². The summed E-state index contributed by atoms with van der Waals surface area (Å²) in [6, 6.07) is 14.2. The molecule has 0 bridgehead atoms.